The van der Waals surface area contributed by atoms with E-state index in [0.717, 1.165) is 22.4 Å². The number of carbonyl (C=O) groups excluding carboxylic acids is 1. The molecule has 0 aliphatic heterocycles. The first-order valence-electron chi connectivity index (χ1n) is 10.4. The Hall–Kier alpha value is -3.73. The van der Waals surface area contributed by atoms with Gasteiger partial charge in [0.1, 0.15) is 5.69 Å². The molecule has 1 unspecified atom stereocenters. The summed E-state index contributed by atoms with van der Waals surface area (Å²) in [5.41, 5.74) is 6.49. The van der Waals surface area contributed by atoms with Gasteiger partial charge in [0, 0.05) is 18.0 Å². The quantitative estimate of drug-likeness (QED) is 0.481. The Morgan fingerprint density at radius 2 is 1.65 bits per heavy atom. The van der Waals surface area contributed by atoms with E-state index in [9.17, 15) is 4.79 Å². The van der Waals surface area contributed by atoms with Crippen molar-refractivity contribution in [2.75, 3.05) is 0 Å². The summed E-state index contributed by atoms with van der Waals surface area (Å²) in [5.74, 6) is -0.163. The van der Waals surface area contributed by atoms with Crippen molar-refractivity contribution in [1.29, 1.82) is 0 Å². The molecular formula is C26H26N4O. The van der Waals surface area contributed by atoms with Crippen LogP contribution in [0.25, 0.3) is 11.3 Å². The number of nitrogens with zero attached hydrogens (tertiary/aromatic N) is 3. The average Bonchev–Trinajstić information content (AvgIpc) is 3.20. The van der Waals surface area contributed by atoms with Crippen molar-refractivity contribution in [3.05, 3.63) is 107 Å². The molecule has 0 aliphatic rings. The van der Waals surface area contributed by atoms with Gasteiger partial charge in [-0.2, -0.15) is 5.10 Å². The van der Waals surface area contributed by atoms with E-state index < -0.39 is 0 Å². The maximum Gasteiger partial charge on any atom is 0.255 e. The minimum Gasteiger partial charge on any atom is -0.344 e. The summed E-state index contributed by atoms with van der Waals surface area (Å²) >= 11 is 0. The van der Waals surface area contributed by atoms with Crippen molar-refractivity contribution < 1.29 is 4.79 Å². The summed E-state index contributed by atoms with van der Waals surface area (Å²) < 4.78 is 1.83. The second-order valence-corrected chi connectivity index (χ2v) is 7.89. The lowest BCUT2D eigenvalue weighted by Crippen LogP contribution is -2.27. The summed E-state index contributed by atoms with van der Waals surface area (Å²) in [6.07, 6.45) is 3.56. The van der Waals surface area contributed by atoms with Crippen LogP contribution in [-0.2, 0) is 6.54 Å². The summed E-state index contributed by atoms with van der Waals surface area (Å²) in [6, 6.07) is 21.9. The topological polar surface area (TPSA) is 59.8 Å². The van der Waals surface area contributed by atoms with Gasteiger partial charge < -0.3 is 5.32 Å². The Morgan fingerprint density at radius 3 is 2.29 bits per heavy atom. The maximum absolute atomic E-state index is 13.2. The third-order valence-corrected chi connectivity index (χ3v) is 5.28. The first-order valence-corrected chi connectivity index (χ1v) is 10.4. The van der Waals surface area contributed by atoms with Crippen LogP contribution in [0.2, 0.25) is 0 Å². The van der Waals surface area contributed by atoms with E-state index in [2.05, 4.69) is 41.5 Å². The molecule has 0 radical (unpaired) electrons. The molecule has 5 heteroatoms. The summed E-state index contributed by atoms with van der Waals surface area (Å²) in [5, 5.41) is 7.83. The first kappa shape index (κ1) is 20.5. The Balaban J connectivity index is 1.65. The molecule has 1 amide bonds. The van der Waals surface area contributed by atoms with Crippen LogP contribution in [0.5, 0.6) is 0 Å². The molecule has 31 heavy (non-hydrogen) atoms. The number of hydrogen-bond acceptors (Lipinski definition) is 3. The zero-order valence-corrected chi connectivity index (χ0v) is 18.0. The molecule has 0 aliphatic carbocycles. The molecule has 156 valence electrons. The van der Waals surface area contributed by atoms with Crippen molar-refractivity contribution in [2.24, 2.45) is 0 Å². The number of benzene rings is 2. The van der Waals surface area contributed by atoms with Crippen LogP contribution in [0.1, 0.15) is 45.7 Å². The van der Waals surface area contributed by atoms with Crippen LogP contribution in [0.4, 0.5) is 0 Å². The van der Waals surface area contributed by atoms with Gasteiger partial charge in [0.05, 0.1) is 23.8 Å². The Morgan fingerprint density at radius 1 is 0.968 bits per heavy atom. The van der Waals surface area contributed by atoms with Gasteiger partial charge in [0.25, 0.3) is 5.91 Å². The van der Waals surface area contributed by atoms with Crippen molar-refractivity contribution in [2.45, 2.75) is 33.4 Å². The molecule has 4 aromatic rings. The van der Waals surface area contributed by atoms with Crippen molar-refractivity contribution >= 4 is 5.91 Å². The van der Waals surface area contributed by atoms with E-state index in [4.69, 9.17) is 5.10 Å². The predicted octanol–water partition coefficient (Wildman–Crippen LogP) is 5.10. The van der Waals surface area contributed by atoms with E-state index in [1.54, 1.807) is 6.20 Å². The van der Waals surface area contributed by atoms with Crippen molar-refractivity contribution in [3.8, 4) is 11.3 Å². The van der Waals surface area contributed by atoms with Crippen LogP contribution in [0.3, 0.4) is 0 Å². The molecule has 0 fully saturated rings. The normalized spacial score (nSPS) is 11.8. The largest absolute Gasteiger partial charge is 0.344 e. The number of pyridine rings is 1. The molecule has 0 saturated heterocycles. The van der Waals surface area contributed by atoms with Gasteiger partial charge >= 0.3 is 0 Å². The lowest BCUT2D eigenvalue weighted by molar-refractivity contribution is 0.0939. The van der Waals surface area contributed by atoms with E-state index in [0.29, 0.717) is 17.8 Å². The molecule has 1 atom stereocenters. The minimum absolute atomic E-state index is 0.163. The predicted molar refractivity (Wildman–Crippen MR) is 123 cm³/mol. The fourth-order valence-corrected chi connectivity index (χ4v) is 3.45. The Labute approximate surface area is 182 Å². The fraction of sp³-hybridized carbons (Fsp3) is 0.192. The maximum atomic E-state index is 13.2. The van der Waals surface area contributed by atoms with Gasteiger partial charge in [0.15, 0.2) is 0 Å². The number of amides is 1. The lowest BCUT2D eigenvalue weighted by atomic mass is 10.1. The van der Waals surface area contributed by atoms with Crippen molar-refractivity contribution in [1.82, 2.24) is 20.1 Å². The molecule has 0 spiro atoms. The van der Waals surface area contributed by atoms with Gasteiger partial charge in [-0.15, -0.1) is 0 Å². The van der Waals surface area contributed by atoms with Gasteiger partial charge in [-0.05, 0) is 38.5 Å². The van der Waals surface area contributed by atoms with E-state index in [1.807, 2.05) is 67.2 Å². The SMILES string of the molecule is Cc1ccc(Cn2cc(C(=O)NC(C)c3ccccn3)c(-c3ccc(C)cc3)n2)cc1. The van der Waals surface area contributed by atoms with Crippen LogP contribution in [-0.4, -0.2) is 20.7 Å². The van der Waals surface area contributed by atoms with Gasteiger partial charge in [-0.25, -0.2) is 0 Å². The molecule has 0 saturated carbocycles. The fourth-order valence-electron chi connectivity index (χ4n) is 3.45. The molecular weight excluding hydrogens is 384 g/mol. The highest BCUT2D eigenvalue weighted by Crippen LogP contribution is 2.24. The Bertz CT molecular complexity index is 1160. The molecule has 4 rings (SSSR count). The second-order valence-electron chi connectivity index (χ2n) is 7.89. The van der Waals surface area contributed by atoms with E-state index in [1.165, 1.54) is 5.56 Å². The summed E-state index contributed by atoms with van der Waals surface area (Å²) in [7, 11) is 0. The lowest BCUT2D eigenvalue weighted by Gasteiger charge is -2.13. The number of hydrogen-bond donors (Lipinski definition) is 1. The highest BCUT2D eigenvalue weighted by atomic mass is 16.1. The number of aryl methyl sites for hydroxylation is 2. The highest BCUT2D eigenvalue weighted by molar-refractivity contribution is 6.00. The Kier molecular flexibility index (Phi) is 5.94. The van der Waals surface area contributed by atoms with Crippen LogP contribution in [0, 0.1) is 13.8 Å². The molecule has 5 nitrogen and oxygen atoms in total. The number of nitrogens with one attached hydrogen (secondary N) is 1. The zero-order valence-electron chi connectivity index (χ0n) is 18.0. The van der Waals surface area contributed by atoms with Crippen LogP contribution < -0.4 is 5.32 Å². The molecule has 0 bridgehead atoms. The van der Waals surface area contributed by atoms with Crippen LogP contribution in [0.15, 0.2) is 79.1 Å². The third-order valence-electron chi connectivity index (χ3n) is 5.28. The van der Waals surface area contributed by atoms with Gasteiger partial charge in [-0.3, -0.25) is 14.5 Å². The summed E-state index contributed by atoms with van der Waals surface area (Å²) in [6.45, 7) is 6.64. The smallest absolute Gasteiger partial charge is 0.255 e. The van der Waals surface area contributed by atoms with Gasteiger partial charge in [-0.1, -0.05) is 65.7 Å². The molecule has 1 N–H and O–H groups in total. The van der Waals surface area contributed by atoms with Gasteiger partial charge in [0.2, 0.25) is 0 Å². The number of carbonyl (C=O) groups is 1. The molecule has 2 aromatic carbocycles. The van der Waals surface area contributed by atoms with Crippen molar-refractivity contribution in [3.63, 3.8) is 0 Å². The first-order chi connectivity index (χ1) is 15.0. The van der Waals surface area contributed by atoms with E-state index >= 15 is 0 Å². The van der Waals surface area contributed by atoms with E-state index in [-0.39, 0.29) is 11.9 Å². The monoisotopic (exact) mass is 410 g/mol. The highest BCUT2D eigenvalue weighted by Gasteiger charge is 2.20. The number of aromatic nitrogens is 3. The molecule has 2 heterocycles. The standard InChI is InChI=1S/C26H26N4O/c1-18-7-11-21(12-8-18)16-30-17-23(25(29-30)22-13-9-19(2)10-14-22)26(31)28-20(3)24-6-4-5-15-27-24/h4-15,17,20H,16H2,1-3H3,(H,28,31). The summed E-state index contributed by atoms with van der Waals surface area (Å²) in [4.78, 5) is 17.6. The third kappa shape index (κ3) is 4.89. The zero-order chi connectivity index (χ0) is 21.8. The molecule has 2 aromatic heterocycles. The average molecular weight is 411 g/mol. The number of rotatable bonds is 6. The van der Waals surface area contributed by atoms with Crippen LogP contribution >= 0.6 is 0 Å². The second kappa shape index (κ2) is 8.96. The minimum atomic E-state index is -0.208.